The van der Waals surface area contributed by atoms with Crippen molar-refractivity contribution in [2.45, 2.75) is 0 Å². The molecule has 0 aliphatic rings. The second-order valence-electron chi connectivity index (χ2n) is 5.59. The Bertz CT molecular complexity index is 1190. The number of rotatable bonds is 2. The highest BCUT2D eigenvalue weighted by atomic mass is 16.3. The fourth-order valence-corrected chi connectivity index (χ4v) is 2.79. The number of fused-ring (bicyclic) bond motifs is 2. The van der Waals surface area contributed by atoms with Crippen LogP contribution in [-0.4, -0.2) is 40.2 Å². The van der Waals surface area contributed by atoms with Gasteiger partial charge in [-0.15, -0.1) is 0 Å². The van der Waals surface area contributed by atoms with Gasteiger partial charge < -0.3 is 10.1 Å². The predicted molar refractivity (Wildman–Crippen MR) is 91.7 cm³/mol. The van der Waals surface area contributed by atoms with Gasteiger partial charge in [-0.1, -0.05) is 0 Å². The van der Waals surface area contributed by atoms with Crippen molar-refractivity contribution in [3.63, 3.8) is 0 Å². The van der Waals surface area contributed by atoms with E-state index in [0.29, 0.717) is 17.1 Å². The number of hydrogen-bond donors (Lipinski definition) is 3. The minimum atomic E-state index is 0.105. The topological polar surface area (TPSA) is 116 Å². The maximum Gasteiger partial charge on any atom is 0.181 e. The van der Waals surface area contributed by atoms with Gasteiger partial charge in [0.05, 0.1) is 17.1 Å². The molecule has 5 heterocycles. The van der Waals surface area contributed by atoms with Crippen LogP contribution in [0.5, 0.6) is 5.75 Å². The van der Waals surface area contributed by atoms with Gasteiger partial charge in [0.2, 0.25) is 0 Å². The Kier molecular flexibility index (Phi) is 2.78. The molecule has 3 N–H and O–H groups in total. The first-order chi connectivity index (χ1) is 12.3. The van der Waals surface area contributed by atoms with Crippen LogP contribution < -0.4 is 0 Å². The Morgan fingerprint density at radius 2 is 1.88 bits per heavy atom. The van der Waals surface area contributed by atoms with Crippen LogP contribution in [0, 0.1) is 0 Å². The number of nitrogens with one attached hydrogen (secondary N) is 2. The summed E-state index contributed by atoms with van der Waals surface area (Å²) in [4.78, 5) is 20.4. The molecule has 0 atom stereocenters. The van der Waals surface area contributed by atoms with Crippen LogP contribution in [0.2, 0.25) is 0 Å². The molecule has 0 fully saturated rings. The molecule has 8 nitrogen and oxygen atoms in total. The predicted octanol–water partition coefficient (Wildman–Crippen LogP) is 2.66. The highest BCUT2D eigenvalue weighted by Gasteiger charge is 2.14. The van der Waals surface area contributed by atoms with Gasteiger partial charge in [0.1, 0.15) is 11.4 Å². The van der Waals surface area contributed by atoms with E-state index < -0.39 is 0 Å². The molecule has 0 spiro atoms. The molecule has 0 bridgehead atoms. The molecule has 0 saturated carbocycles. The van der Waals surface area contributed by atoms with Crippen LogP contribution in [-0.2, 0) is 0 Å². The third kappa shape index (κ3) is 2.19. The second kappa shape index (κ2) is 5.10. The largest absolute Gasteiger partial charge is 0.506 e. The Labute approximate surface area is 140 Å². The summed E-state index contributed by atoms with van der Waals surface area (Å²) in [5.41, 5.74) is 4.40. The SMILES string of the molecule is Oc1cncc(-c2cnc3n[nH]c(-c4nc5ncccc5[nH]4)c3c2)c1. The third-order valence-electron chi connectivity index (χ3n) is 3.96. The second-order valence-corrected chi connectivity index (χ2v) is 5.59. The summed E-state index contributed by atoms with van der Waals surface area (Å²) in [6, 6.07) is 7.35. The monoisotopic (exact) mass is 329 g/mol. The number of nitrogens with zero attached hydrogens (tertiary/aromatic N) is 5. The number of aromatic hydroxyl groups is 1. The number of pyridine rings is 3. The van der Waals surface area contributed by atoms with Crippen molar-refractivity contribution < 1.29 is 5.11 Å². The van der Waals surface area contributed by atoms with E-state index in [9.17, 15) is 5.11 Å². The molecular weight excluding hydrogens is 318 g/mol. The zero-order valence-electron chi connectivity index (χ0n) is 12.8. The van der Waals surface area contributed by atoms with E-state index in [4.69, 9.17) is 0 Å². The summed E-state index contributed by atoms with van der Waals surface area (Å²) in [6.07, 6.45) is 6.46. The van der Waals surface area contributed by atoms with Crippen molar-refractivity contribution in [1.29, 1.82) is 0 Å². The Hall–Kier alpha value is -3.81. The van der Waals surface area contributed by atoms with Crippen LogP contribution in [0.15, 0.2) is 49.1 Å². The summed E-state index contributed by atoms with van der Waals surface area (Å²) in [6.45, 7) is 0. The lowest BCUT2D eigenvalue weighted by Gasteiger charge is -2.01. The average molecular weight is 329 g/mol. The molecule has 5 aromatic rings. The first kappa shape index (κ1) is 13.6. The lowest BCUT2D eigenvalue weighted by molar-refractivity contribution is 0.473. The lowest BCUT2D eigenvalue weighted by atomic mass is 10.1. The molecule has 0 amide bonds. The normalized spacial score (nSPS) is 11.4. The fourth-order valence-electron chi connectivity index (χ4n) is 2.79. The molecule has 120 valence electrons. The van der Waals surface area contributed by atoms with E-state index in [-0.39, 0.29) is 5.75 Å². The van der Waals surface area contributed by atoms with Gasteiger partial charge in [-0.25, -0.2) is 15.0 Å². The van der Waals surface area contributed by atoms with Gasteiger partial charge in [-0.05, 0) is 24.3 Å². The number of imidazole rings is 1. The van der Waals surface area contributed by atoms with Crippen molar-refractivity contribution in [2.75, 3.05) is 0 Å². The van der Waals surface area contributed by atoms with Gasteiger partial charge in [0.25, 0.3) is 0 Å². The van der Waals surface area contributed by atoms with Crippen LogP contribution in [0.3, 0.4) is 0 Å². The van der Waals surface area contributed by atoms with E-state index in [1.807, 2.05) is 18.2 Å². The smallest absolute Gasteiger partial charge is 0.181 e. The minimum Gasteiger partial charge on any atom is -0.506 e. The molecular formula is C17H11N7O. The molecule has 5 rings (SSSR count). The average Bonchev–Trinajstić information content (AvgIpc) is 3.24. The highest BCUT2D eigenvalue weighted by molar-refractivity contribution is 5.93. The molecule has 8 heteroatoms. The zero-order chi connectivity index (χ0) is 16.8. The van der Waals surface area contributed by atoms with Gasteiger partial charge in [0.15, 0.2) is 17.1 Å². The zero-order valence-corrected chi connectivity index (χ0v) is 12.8. The third-order valence-corrected chi connectivity index (χ3v) is 3.96. The Balaban J connectivity index is 1.70. The lowest BCUT2D eigenvalue weighted by Crippen LogP contribution is -1.85. The summed E-state index contributed by atoms with van der Waals surface area (Å²) in [7, 11) is 0. The van der Waals surface area contributed by atoms with Gasteiger partial charge in [-0.2, -0.15) is 5.10 Å². The Morgan fingerprint density at radius 1 is 0.960 bits per heavy atom. The van der Waals surface area contributed by atoms with Crippen molar-refractivity contribution in [1.82, 2.24) is 35.1 Å². The molecule has 5 aromatic heterocycles. The van der Waals surface area contributed by atoms with Crippen molar-refractivity contribution >= 4 is 22.2 Å². The quantitative estimate of drug-likeness (QED) is 0.458. The van der Waals surface area contributed by atoms with Gasteiger partial charge in [0, 0.05) is 29.7 Å². The van der Waals surface area contributed by atoms with Crippen molar-refractivity contribution in [2.24, 2.45) is 0 Å². The highest BCUT2D eigenvalue weighted by Crippen LogP contribution is 2.29. The molecule has 0 aliphatic carbocycles. The van der Waals surface area contributed by atoms with E-state index in [1.165, 1.54) is 6.20 Å². The summed E-state index contributed by atoms with van der Waals surface area (Å²) >= 11 is 0. The molecule has 0 aromatic carbocycles. The Morgan fingerprint density at radius 3 is 2.76 bits per heavy atom. The van der Waals surface area contributed by atoms with Crippen molar-refractivity contribution in [3.8, 4) is 28.4 Å². The van der Waals surface area contributed by atoms with Gasteiger partial charge in [-0.3, -0.25) is 10.1 Å². The van der Waals surface area contributed by atoms with E-state index in [2.05, 4.69) is 35.1 Å². The number of H-pyrrole nitrogens is 2. The van der Waals surface area contributed by atoms with Crippen molar-refractivity contribution in [3.05, 3.63) is 49.1 Å². The first-order valence-corrected chi connectivity index (χ1v) is 7.57. The maximum atomic E-state index is 9.64. The standard InChI is InChI=1S/C17H11N7O/c25-11-4-9(6-18-8-11)10-5-12-14(23-24-15(12)20-7-10)17-21-13-2-1-3-19-16(13)22-17/h1-8,25H,(H,19,21,22)(H,20,23,24). The number of aromatic nitrogens is 7. The van der Waals surface area contributed by atoms with E-state index in [0.717, 1.165) is 27.7 Å². The fraction of sp³-hybridized carbons (Fsp3) is 0. The molecule has 0 radical (unpaired) electrons. The van der Waals surface area contributed by atoms with Gasteiger partial charge >= 0.3 is 0 Å². The van der Waals surface area contributed by atoms with Crippen LogP contribution in [0.4, 0.5) is 0 Å². The van der Waals surface area contributed by atoms with E-state index >= 15 is 0 Å². The van der Waals surface area contributed by atoms with Crippen LogP contribution in [0.25, 0.3) is 44.8 Å². The summed E-state index contributed by atoms with van der Waals surface area (Å²) < 4.78 is 0. The molecule has 0 saturated heterocycles. The molecule has 25 heavy (non-hydrogen) atoms. The summed E-state index contributed by atoms with van der Waals surface area (Å²) in [5, 5.41) is 17.7. The first-order valence-electron chi connectivity index (χ1n) is 7.57. The minimum absolute atomic E-state index is 0.105. The van der Waals surface area contributed by atoms with E-state index in [1.54, 1.807) is 24.7 Å². The number of hydrogen-bond acceptors (Lipinski definition) is 6. The number of aromatic amines is 2. The van der Waals surface area contributed by atoms with Crippen LogP contribution >= 0.6 is 0 Å². The molecule has 0 unspecified atom stereocenters. The summed E-state index contributed by atoms with van der Waals surface area (Å²) in [5.74, 6) is 0.748. The maximum absolute atomic E-state index is 9.64. The molecule has 0 aliphatic heterocycles. The van der Waals surface area contributed by atoms with Crippen LogP contribution in [0.1, 0.15) is 0 Å².